The summed E-state index contributed by atoms with van der Waals surface area (Å²) in [6.07, 6.45) is -19.8. The van der Waals surface area contributed by atoms with Crippen LogP contribution >= 0.6 is 0 Å². The van der Waals surface area contributed by atoms with Gasteiger partial charge in [-0.05, 0) is 6.42 Å². The molecule has 1 saturated carbocycles. The fourth-order valence-electron chi connectivity index (χ4n) is 5.74. The van der Waals surface area contributed by atoms with Crippen LogP contribution in [0.25, 0.3) is 0 Å². The molecule has 24 heteroatoms. The van der Waals surface area contributed by atoms with Crippen molar-refractivity contribution in [3.05, 3.63) is 0 Å². The molecule has 21 N–H and O–H groups in total. The van der Waals surface area contributed by atoms with E-state index in [-0.39, 0.29) is 19.5 Å². The van der Waals surface area contributed by atoms with Crippen molar-refractivity contribution in [3.8, 4) is 0 Å². The molecule has 0 aromatic carbocycles. The van der Waals surface area contributed by atoms with Gasteiger partial charge in [-0.2, -0.15) is 8.42 Å². The molecular formula is C23H48N6O17S. The molecule has 3 saturated heterocycles. The van der Waals surface area contributed by atoms with Crippen molar-refractivity contribution in [2.75, 3.05) is 19.7 Å². The third-order valence-corrected chi connectivity index (χ3v) is 8.37. The third-order valence-electron chi connectivity index (χ3n) is 8.37. The smallest absolute Gasteiger partial charge is 0.394 e. The third kappa shape index (κ3) is 9.67. The quantitative estimate of drug-likeness (QED) is 0.0986. The summed E-state index contributed by atoms with van der Waals surface area (Å²) in [7, 11) is -4.67. The number of nitrogens with two attached hydrogens (primary N) is 6. The second-order valence-corrected chi connectivity index (χ2v) is 12.6. The average molecular weight is 713 g/mol. The van der Waals surface area contributed by atoms with Gasteiger partial charge < -0.3 is 98.6 Å². The van der Waals surface area contributed by atoms with Crippen LogP contribution in [0.4, 0.5) is 0 Å². The molecule has 0 bridgehead atoms. The number of aliphatic hydroxyl groups excluding tert-OH is 7. The Morgan fingerprint density at radius 1 is 0.574 bits per heavy atom. The van der Waals surface area contributed by atoms with E-state index in [1.807, 2.05) is 0 Å². The van der Waals surface area contributed by atoms with E-state index in [1.54, 1.807) is 0 Å². The van der Waals surface area contributed by atoms with Gasteiger partial charge in [-0.1, -0.05) is 0 Å². The van der Waals surface area contributed by atoms with Crippen LogP contribution in [0.1, 0.15) is 6.42 Å². The van der Waals surface area contributed by atoms with Crippen LogP contribution in [0.5, 0.6) is 0 Å². The summed E-state index contributed by atoms with van der Waals surface area (Å²) in [6.45, 7) is -0.967. The lowest BCUT2D eigenvalue weighted by molar-refractivity contribution is -0.306. The number of aliphatic hydroxyl groups is 7. The van der Waals surface area contributed by atoms with Crippen molar-refractivity contribution in [1.29, 1.82) is 0 Å². The van der Waals surface area contributed by atoms with Crippen LogP contribution in [0, 0.1) is 0 Å². The first-order valence-electron chi connectivity index (χ1n) is 14.6. The van der Waals surface area contributed by atoms with Gasteiger partial charge in [0.25, 0.3) is 0 Å². The van der Waals surface area contributed by atoms with E-state index in [9.17, 15) is 35.7 Å². The summed E-state index contributed by atoms with van der Waals surface area (Å²) >= 11 is 0. The molecule has 0 aromatic heterocycles. The molecule has 4 fully saturated rings. The van der Waals surface area contributed by atoms with Crippen LogP contribution in [-0.4, -0.2) is 189 Å². The van der Waals surface area contributed by atoms with Crippen molar-refractivity contribution >= 4 is 10.4 Å². The first kappa shape index (κ1) is 40.5. The van der Waals surface area contributed by atoms with Gasteiger partial charge in [0.05, 0.1) is 24.8 Å². The van der Waals surface area contributed by atoms with E-state index in [2.05, 4.69) is 0 Å². The maximum atomic E-state index is 11.1. The summed E-state index contributed by atoms with van der Waals surface area (Å²) in [4.78, 5) is 0. The first-order chi connectivity index (χ1) is 21.8. The van der Waals surface area contributed by atoms with Crippen molar-refractivity contribution in [2.45, 2.75) is 123 Å². The minimum absolute atomic E-state index is 0.0889. The molecule has 0 aromatic rings. The minimum Gasteiger partial charge on any atom is -0.394 e. The van der Waals surface area contributed by atoms with Crippen molar-refractivity contribution in [1.82, 2.24) is 0 Å². The zero-order valence-corrected chi connectivity index (χ0v) is 25.8. The van der Waals surface area contributed by atoms with Gasteiger partial charge in [0, 0.05) is 25.2 Å². The highest BCUT2D eigenvalue weighted by molar-refractivity contribution is 7.79. The number of rotatable bonds is 9. The largest absolute Gasteiger partial charge is 0.394 e. The summed E-state index contributed by atoms with van der Waals surface area (Å²) in [6, 6.07) is -4.18. The van der Waals surface area contributed by atoms with Crippen molar-refractivity contribution < 1.29 is 81.7 Å². The Bertz CT molecular complexity index is 1080. The van der Waals surface area contributed by atoms with Gasteiger partial charge in [0.2, 0.25) is 0 Å². The standard InChI is InChI=1S/C23H46N6O13.H2O4S/c24-2-7-13(32)15(34)10(28)21(37-7)40-18-6(27)1-5(26)12(31)20(18)42-23-17(36)19(9(4-30)39-23)41-22-11(29)16(35)14(33)8(3-25)38-22;1-5(2,3)4/h5-23,30-36H,1-4,24-29H2;(H2,1,2,3,4)/t5-,6-,7+,8-,9-,10+,11+,12-,13-,14-,15-,16-,17-,18-,19-,20?,21-,22-,23+;/m1./s1. The molecule has 23 nitrogen and oxygen atoms in total. The molecule has 278 valence electrons. The van der Waals surface area contributed by atoms with Gasteiger partial charge in [-0.15, -0.1) is 0 Å². The molecule has 3 heterocycles. The lowest BCUT2D eigenvalue weighted by Crippen LogP contribution is -2.68. The van der Waals surface area contributed by atoms with Gasteiger partial charge in [0.15, 0.2) is 18.9 Å². The molecule has 1 aliphatic carbocycles. The van der Waals surface area contributed by atoms with E-state index in [0.717, 1.165) is 0 Å². The number of hydrogen-bond donors (Lipinski definition) is 15. The highest BCUT2D eigenvalue weighted by Gasteiger charge is 2.54. The predicted molar refractivity (Wildman–Crippen MR) is 153 cm³/mol. The average Bonchev–Trinajstić information content (AvgIpc) is 3.30. The van der Waals surface area contributed by atoms with Gasteiger partial charge in [0.1, 0.15) is 67.1 Å². The predicted octanol–water partition coefficient (Wildman–Crippen LogP) is -9.55. The van der Waals surface area contributed by atoms with Crippen molar-refractivity contribution in [2.24, 2.45) is 34.4 Å². The zero-order valence-electron chi connectivity index (χ0n) is 25.0. The highest BCUT2D eigenvalue weighted by atomic mass is 32.3. The molecule has 4 aliphatic rings. The lowest BCUT2D eigenvalue weighted by Gasteiger charge is -2.47. The van der Waals surface area contributed by atoms with Crippen LogP contribution in [0.3, 0.4) is 0 Å². The lowest BCUT2D eigenvalue weighted by atomic mass is 9.84. The molecule has 0 radical (unpaired) electrons. The molecule has 0 amide bonds. The maximum absolute atomic E-state index is 11.1. The Labute approximate surface area is 269 Å². The molecule has 3 aliphatic heterocycles. The first-order valence-corrected chi connectivity index (χ1v) is 16.0. The SMILES string of the molecule is NC[C@@H]1O[C@H](O[C@H]2C(O[C@@H]3O[C@H](CO)[C@@H](O[C@H]4O[C@H](CN)[C@@H](O)[C@H](O)[C@@H]4N)[C@H]3O)[C@H](O)[C@H](N)C[C@H]2N)[C@@H](N)[C@@H](O)[C@@H]1O.O=S(=O)(O)O. The Morgan fingerprint density at radius 3 is 1.40 bits per heavy atom. The van der Waals surface area contributed by atoms with E-state index in [1.165, 1.54) is 0 Å². The Morgan fingerprint density at radius 2 is 0.979 bits per heavy atom. The second kappa shape index (κ2) is 16.9. The second-order valence-electron chi connectivity index (χ2n) is 11.7. The van der Waals surface area contributed by atoms with E-state index >= 15 is 0 Å². The van der Waals surface area contributed by atoms with Crippen LogP contribution in [0.15, 0.2) is 0 Å². The fourth-order valence-corrected chi connectivity index (χ4v) is 5.74. The topological polar surface area (TPSA) is 428 Å². The van der Waals surface area contributed by atoms with E-state index in [0.29, 0.717) is 0 Å². The van der Waals surface area contributed by atoms with Gasteiger partial charge >= 0.3 is 10.4 Å². The minimum atomic E-state index is -4.67. The Balaban J connectivity index is 0.00000111. The summed E-state index contributed by atoms with van der Waals surface area (Å²) in [5.41, 5.74) is 35.6. The van der Waals surface area contributed by atoms with E-state index < -0.39 is 133 Å². The Hall–Kier alpha value is -0.890. The van der Waals surface area contributed by atoms with Gasteiger partial charge in [-0.3, -0.25) is 9.11 Å². The summed E-state index contributed by atoms with van der Waals surface area (Å²) in [5.74, 6) is 0. The number of hydrogen-bond acceptors (Lipinski definition) is 21. The zero-order chi connectivity index (χ0) is 35.5. The monoisotopic (exact) mass is 712 g/mol. The van der Waals surface area contributed by atoms with E-state index in [4.69, 9.17) is 80.3 Å². The van der Waals surface area contributed by atoms with Crippen molar-refractivity contribution in [3.63, 3.8) is 0 Å². The molecule has 19 atom stereocenters. The molecular weight excluding hydrogens is 664 g/mol. The molecule has 1 unspecified atom stereocenters. The maximum Gasteiger partial charge on any atom is 0.394 e. The van der Waals surface area contributed by atoms with Crippen LogP contribution in [0.2, 0.25) is 0 Å². The fraction of sp³-hybridized carbons (Fsp3) is 1.00. The normalized spacial score (nSPS) is 49.3. The highest BCUT2D eigenvalue weighted by Crippen LogP contribution is 2.34. The summed E-state index contributed by atoms with van der Waals surface area (Å²) in [5, 5.41) is 73.0. The molecule has 4 rings (SSSR count). The van der Waals surface area contributed by atoms with Gasteiger partial charge in [-0.25, -0.2) is 0 Å². The van der Waals surface area contributed by atoms with Crippen LogP contribution in [-0.2, 0) is 38.8 Å². The molecule has 0 spiro atoms. The Kier molecular flexibility index (Phi) is 14.6. The summed E-state index contributed by atoms with van der Waals surface area (Å²) < 4.78 is 66.2. The van der Waals surface area contributed by atoms with Crippen LogP contribution < -0.4 is 34.4 Å². The molecule has 47 heavy (non-hydrogen) atoms. The number of ether oxygens (including phenoxy) is 6.